The first-order valence-electron chi connectivity index (χ1n) is 5.96. The van der Waals surface area contributed by atoms with Crippen molar-refractivity contribution >= 4 is 5.69 Å². The van der Waals surface area contributed by atoms with Gasteiger partial charge in [-0.25, -0.2) is 0 Å². The topological polar surface area (TPSA) is 58.9 Å². The quantitative estimate of drug-likeness (QED) is 0.843. The van der Waals surface area contributed by atoms with Gasteiger partial charge >= 0.3 is 0 Å². The number of phenolic OH excluding ortho intramolecular Hbond substituents is 1. The fourth-order valence-corrected chi connectivity index (χ4v) is 2.08. The van der Waals surface area contributed by atoms with Gasteiger partial charge in [-0.1, -0.05) is 37.3 Å². The van der Waals surface area contributed by atoms with Crippen LogP contribution in [0, 0.1) is 4.91 Å². The van der Waals surface area contributed by atoms with E-state index in [4.69, 9.17) is 4.74 Å². The molecule has 0 aliphatic carbocycles. The van der Waals surface area contributed by atoms with E-state index in [0.717, 1.165) is 5.56 Å². The Morgan fingerprint density at radius 3 is 2.47 bits per heavy atom. The molecule has 1 N–H and O–H groups in total. The third-order valence-electron chi connectivity index (χ3n) is 3.19. The van der Waals surface area contributed by atoms with E-state index in [2.05, 4.69) is 5.18 Å². The van der Waals surface area contributed by atoms with Gasteiger partial charge in [-0.15, -0.1) is 4.91 Å². The van der Waals surface area contributed by atoms with Gasteiger partial charge in [0.05, 0.1) is 7.11 Å². The number of methoxy groups -OCH3 is 1. The highest BCUT2D eigenvalue weighted by molar-refractivity contribution is 5.60. The van der Waals surface area contributed by atoms with Gasteiger partial charge in [-0.2, -0.15) is 0 Å². The highest BCUT2D eigenvalue weighted by Gasteiger charge is 2.16. The van der Waals surface area contributed by atoms with Crippen LogP contribution < -0.4 is 4.74 Å². The molecular weight excluding hydrogens is 242 g/mol. The van der Waals surface area contributed by atoms with E-state index in [1.165, 1.54) is 13.2 Å². The lowest BCUT2D eigenvalue weighted by atomic mass is 9.92. The van der Waals surface area contributed by atoms with Gasteiger partial charge in [-0.05, 0) is 16.8 Å². The van der Waals surface area contributed by atoms with E-state index < -0.39 is 0 Å². The molecule has 0 heterocycles. The molecule has 4 nitrogen and oxygen atoms in total. The smallest absolute Gasteiger partial charge is 0.151 e. The fourth-order valence-electron chi connectivity index (χ4n) is 2.08. The molecule has 0 fully saturated rings. The Bertz CT molecular complexity index is 581. The molecular formula is C15H15NO3. The third-order valence-corrected chi connectivity index (χ3v) is 3.19. The number of benzene rings is 2. The van der Waals surface area contributed by atoms with Crippen LogP contribution in [-0.4, -0.2) is 12.2 Å². The van der Waals surface area contributed by atoms with Crippen LogP contribution in [0.1, 0.15) is 24.0 Å². The minimum Gasteiger partial charge on any atom is -0.508 e. The second-order valence-corrected chi connectivity index (χ2v) is 4.31. The average molecular weight is 257 g/mol. The highest BCUT2D eigenvalue weighted by atomic mass is 16.5. The van der Waals surface area contributed by atoms with E-state index in [9.17, 15) is 10.0 Å². The Kier molecular flexibility index (Phi) is 3.80. The maximum absolute atomic E-state index is 10.8. The monoisotopic (exact) mass is 257 g/mol. The van der Waals surface area contributed by atoms with Gasteiger partial charge in [0.2, 0.25) is 0 Å². The maximum Gasteiger partial charge on any atom is 0.151 e. The molecule has 4 heteroatoms. The maximum atomic E-state index is 10.8. The zero-order valence-electron chi connectivity index (χ0n) is 10.8. The first kappa shape index (κ1) is 13.1. The van der Waals surface area contributed by atoms with Crippen molar-refractivity contribution in [3.63, 3.8) is 0 Å². The lowest BCUT2D eigenvalue weighted by Gasteiger charge is -2.15. The summed E-state index contributed by atoms with van der Waals surface area (Å²) < 4.78 is 5.00. The van der Waals surface area contributed by atoms with Gasteiger partial charge in [0, 0.05) is 17.5 Å². The molecule has 0 aliphatic heterocycles. The molecule has 0 saturated heterocycles. The van der Waals surface area contributed by atoms with Gasteiger partial charge in [0.1, 0.15) is 11.4 Å². The van der Waals surface area contributed by atoms with Gasteiger partial charge < -0.3 is 9.84 Å². The zero-order chi connectivity index (χ0) is 13.8. The van der Waals surface area contributed by atoms with E-state index in [0.29, 0.717) is 5.56 Å². The third kappa shape index (κ3) is 2.57. The summed E-state index contributed by atoms with van der Waals surface area (Å²) in [4.78, 5) is 10.8. The van der Waals surface area contributed by atoms with E-state index in [1.54, 1.807) is 6.07 Å². The molecule has 2 rings (SSSR count). The normalized spacial score (nSPS) is 11.9. The first-order valence-corrected chi connectivity index (χ1v) is 5.96. The molecule has 0 saturated carbocycles. The van der Waals surface area contributed by atoms with Crippen LogP contribution in [0.25, 0.3) is 0 Å². The SMILES string of the molecule is COc1cc(O)c([C@@H](C)c2ccccc2)cc1N=O. The molecule has 0 spiro atoms. The second-order valence-electron chi connectivity index (χ2n) is 4.31. The van der Waals surface area contributed by atoms with Gasteiger partial charge in [0.25, 0.3) is 0 Å². The summed E-state index contributed by atoms with van der Waals surface area (Å²) in [5, 5.41) is 13.0. The summed E-state index contributed by atoms with van der Waals surface area (Å²) in [6.07, 6.45) is 0. The summed E-state index contributed by atoms with van der Waals surface area (Å²) >= 11 is 0. The van der Waals surface area contributed by atoms with Crippen LogP contribution >= 0.6 is 0 Å². The second kappa shape index (κ2) is 5.52. The number of rotatable bonds is 4. The molecule has 0 amide bonds. The van der Waals surface area contributed by atoms with Gasteiger partial charge in [0.15, 0.2) is 5.75 Å². The summed E-state index contributed by atoms with van der Waals surface area (Å²) in [6.45, 7) is 1.96. The Morgan fingerprint density at radius 1 is 1.21 bits per heavy atom. The van der Waals surface area contributed by atoms with Crippen LogP contribution in [0.5, 0.6) is 11.5 Å². The zero-order valence-corrected chi connectivity index (χ0v) is 10.8. The average Bonchev–Trinajstić information content (AvgIpc) is 2.47. The van der Waals surface area contributed by atoms with Crippen LogP contribution in [0.15, 0.2) is 47.6 Å². The van der Waals surface area contributed by atoms with Crippen molar-refractivity contribution < 1.29 is 9.84 Å². The van der Waals surface area contributed by atoms with Crippen molar-refractivity contribution in [2.45, 2.75) is 12.8 Å². The number of ether oxygens (including phenoxy) is 1. The lowest BCUT2D eigenvalue weighted by Crippen LogP contribution is -1.97. The van der Waals surface area contributed by atoms with E-state index in [1.807, 2.05) is 37.3 Å². The molecule has 0 aromatic heterocycles. The fraction of sp³-hybridized carbons (Fsp3) is 0.200. The minimum absolute atomic E-state index is 0.0346. The summed E-state index contributed by atoms with van der Waals surface area (Å²) in [5.74, 6) is 0.338. The number of nitrogens with zero attached hydrogens (tertiary/aromatic N) is 1. The molecule has 2 aromatic carbocycles. The minimum atomic E-state index is -0.0346. The standard InChI is InChI=1S/C15H15NO3/c1-10(11-6-4-3-5-7-11)12-8-13(16-18)15(19-2)9-14(12)17/h3-10,17H,1-2H3/t10-/m0/s1. The predicted molar refractivity (Wildman–Crippen MR) is 74.1 cm³/mol. The van der Waals surface area contributed by atoms with Crippen molar-refractivity contribution in [1.29, 1.82) is 0 Å². The summed E-state index contributed by atoms with van der Waals surface area (Å²) in [6, 6.07) is 12.7. The van der Waals surface area contributed by atoms with Crippen LogP contribution in [-0.2, 0) is 0 Å². The van der Waals surface area contributed by atoms with E-state index >= 15 is 0 Å². The first-order chi connectivity index (χ1) is 9.17. The van der Waals surface area contributed by atoms with Crippen LogP contribution in [0.4, 0.5) is 5.69 Å². The number of phenols is 1. The molecule has 1 atom stereocenters. The molecule has 98 valence electrons. The summed E-state index contributed by atoms with van der Waals surface area (Å²) in [7, 11) is 1.43. The molecule has 0 bridgehead atoms. The van der Waals surface area contributed by atoms with Crippen molar-refractivity contribution in [2.24, 2.45) is 5.18 Å². The molecule has 0 aliphatic rings. The Balaban J connectivity index is 2.48. The molecule has 19 heavy (non-hydrogen) atoms. The summed E-state index contributed by atoms with van der Waals surface area (Å²) in [5.41, 5.74) is 1.90. The van der Waals surface area contributed by atoms with Crippen molar-refractivity contribution in [3.05, 3.63) is 58.5 Å². The van der Waals surface area contributed by atoms with E-state index in [-0.39, 0.29) is 23.1 Å². The Labute approximate surface area is 111 Å². The lowest BCUT2D eigenvalue weighted by molar-refractivity contribution is 0.407. The number of hydrogen-bond donors (Lipinski definition) is 1. The van der Waals surface area contributed by atoms with Crippen molar-refractivity contribution in [2.75, 3.05) is 7.11 Å². The van der Waals surface area contributed by atoms with Gasteiger partial charge in [-0.3, -0.25) is 0 Å². The predicted octanol–water partition coefficient (Wildman–Crippen LogP) is 3.95. The molecule has 0 unspecified atom stereocenters. The van der Waals surface area contributed by atoms with Crippen LogP contribution in [0.2, 0.25) is 0 Å². The van der Waals surface area contributed by atoms with Crippen molar-refractivity contribution in [3.8, 4) is 11.5 Å². The molecule has 2 aromatic rings. The molecule has 0 radical (unpaired) electrons. The van der Waals surface area contributed by atoms with Crippen LogP contribution in [0.3, 0.4) is 0 Å². The number of hydrogen-bond acceptors (Lipinski definition) is 4. The highest BCUT2D eigenvalue weighted by Crippen LogP contribution is 2.39. The number of aromatic hydroxyl groups is 1. The largest absolute Gasteiger partial charge is 0.508 e. The van der Waals surface area contributed by atoms with Crippen molar-refractivity contribution in [1.82, 2.24) is 0 Å². The Hall–Kier alpha value is -2.36. The number of nitroso groups, excluding NO2 is 1. The Morgan fingerprint density at radius 2 is 1.89 bits per heavy atom.